The molecule has 0 saturated heterocycles. The number of hydrogen-bond donors (Lipinski definition) is 3. The summed E-state index contributed by atoms with van der Waals surface area (Å²) in [5.41, 5.74) is 2.17. The summed E-state index contributed by atoms with van der Waals surface area (Å²) in [4.78, 5) is 11.1. The number of rotatable bonds is 5. The van der Waals surface area contributed by atoms with Crippen LogP contribution < -0.4 is 4.72 Å². The van der Waals surface area contributed by atoms with E-state index in [2.05, 4.69) is 4.72 Å². The largest absolute Gasteiger partial charge is 0.479 e. The van der Waals surface area contributed by atoms with Crippen LogP contribution in [0.4, 0.5) is 0 Å². The molecule has 2 aromatic carbocycles. The molecule has 2 atom stereocenters. The lowest BCUT2D eigenvalue weighted by molar-refractivity contribution is -0.146. The summed E-state index contributed by atoms with van der Waals surface area (Å²) in [6.45, 7) is 0. The summed E-state index contributed by atoms with van der Waals surface area (Å²) in [7, 11) is -3.67. The summed E-state index contributed by atoms with van der Waals surface area (Å²) in [6, 6.07) is 10.6. The zero-order chi connectivity index (χ0) is 18.9. The Kier molecular flexibility index (Phi) is 5.34. The minimum Gasteiger partial charge on any atom is -0.479 e. The maximum Gasteiger partial charge on any atom is 0.337 e. The van der Waals surface area contributed by atoms with Gasteiger partial charge >= 0.3 is 5.97 Å². The Hall–Kier alpha value is -1.93. The van der Waals surface area contributed by atoms with Crippen molar-refractivity contribution >= 4 is 27.6 Å². The second kappa shape index (κ2) is 7.36. The van der Waals surface area contributed by atoms with Gasteiger partial charge in [0, 0.05) is 11.1 Å². The Bertz CT molecular complexity index is 927. The van der Waals surface area contributed by atoms with E-state index >= 15 is 0 Å². The van der Waals surface area contributed by atoms with Gasteiger partial charge in [-0.05, 0) is 60.2 Å². The fraction of sp³-hybridized carbons (Fsp3) is 0.278. The number of carboxylic acids is 1. The van der Waals surface area contributed by atoms with Crippen molar-refractivity contribution in [2.45, 2.75) is 36.3 Å². The van der Waals surface area contributed by atoms with Crippen molar-refractivity contribution in [3.05, 3.63) is 64.2 Å². The normalized spacial score (nSPS) is 18.2. The Morgan fingerprint density at radius 2 is 1.85 bits per heavy atom. The van der Waals surface area contributed by atoms with Gasteiger partial charge in [0.25, 0.3) is 0 Å². The highest BCUT2D eigenvalue weighted by atomic mass is 35.5. The predicted molar refractivity (Wildman–Crippen MR) is 96.6 cm³/mol. The lowest BCUT2D eigenvalue weighted by atomic mass is 9.87. The maximum atomic E-state index is 12.5. The number of aliphatic carboxylic acids is 1. The van der Waals surface area contributed by atoms with Crippen LogP contribution >= 0.6 is 11.6 Å². The zero-order valence-corrected chi connectivity index (χ0v) is 15.3. The van der Waals surface area contributed by atoms with Crippen molar-refractivity contribution in [2.75, 3.05) is 0 Å². The number of sulfonamides is 1. The fourth-order valence-corrected chi connectivity index (χ4v) is 4.49. The first kappa shape index (κ1) is 18.8. The lowest BCUT2D eigenvalue weighted by Crippen LogP contribution is -2.38. The molecule has 26 heavy (non-hydrogen) atoms. The summed E-state index contributed by atoms with van der Waals surface area (Å²) in [6.07, 6.45) is 0.154. The Balaban J connectivity index is 1.78. The molecule has 2 unspecified atom stereocenters. The molecule has 0 heterocycles. The van der Waals surface area contributed by atoms with Gasteiger partial charge in [0.15, 0.2) is 6.10 Å². The maximum absolute atomic E-state index is 12.5. The van der Waals surface area contributed by atoms with Gasteiger partial charge in [-0.1, -0.05) is 29.8 Å². The highest BCUT2D eigenvalue weighted by molar-refractivity contribution is 7.89. The molecule has 6 nitrogen and oxygen atoms in total. The molecule has 0 aromatic heterocycles. The van der Waals surface area contributed by atoms with Crippen LogP contribution in [0.2, 0.25) is 5.02 Å². The lowest BCUT2D eigenvalue weighted by Gasteiger charge is -2.26. The van der Waals surface area contributed by atoms with Gasteiger partial charge in [-0.2, -0.15) is 0 Å². The van der Waals surface area contributed by atoms with Gasteiger partial charge in [-0.15, -0.1) is 0 Å². The van der Waals surface area contributed by atoms with Crippen molar-refractivity contribution in [2.24, 2.45) is 0 Å². The molecule has 3 rings (SSSR count). The van der Waals surface area contributed by atoms with Crippen LogP contribution in [0.1, 0.15) is 29.2 Å². The number of carboxylic acid groups (broad SMARTS) is 1. The number of aryl methyl sites for hydroxylation is 1. The average molecular weight is 396 g/mol. The summed E-state index contributed by atoms with van der Waals surface area (Å²) in [5, 5.41) is 19.1. The quantitative estimate of drug-likeness (QED) is 0.720. The Labute approximate surface area is 156 Å². The van der Waals surface area contributed by atoms with Gasteiger partial charge in [-0.25, -0.2) is 17.9 Å². The topological polar surface area (TPSA) is 104 Å². The van der Waals surface area contributed by atoms with Crippen LogP contribution in [0.25, 0.3) is 0 Å². The summed E-state index contributed by atoms with van der Waals surface area (Å²) >= 11 is 5.79. The van der Waals surface area contributed by atoms with E-state index in [0.29, 0.717) is 24.3 Å². The Morgan fingerprint density at radius 3 is 2.50 bits per heavy atom. The molecule has 138 valence electrons. The molecule has 1 aliphatic carbocycles. The van der Waals surface area contributed by atoms with Gasteiger partial charge in [-0.3, -0.25) is 0 Å². The predicted octanol–water partition coefficient (Wildman–Crippen LogP) is 2.29. The van der Waals surface area contributed by atoms with Crippen LogP contribution in [-0.2, 0) is 27.7 Å². The minimum absolute atomic E-state index is 0.141. The average Bonchev–Trinajstić information content (AvgIpc) is 2.60. The molecule has 0 fully saturated rings. The number of hydrogen-bond acceptors (Lipinski definition) is 4. The second-order valence-electron chi connectivity index (χ2n) is 6.28. The molecule has 0 spiro atoms. The molecule has 0 bridgehead atoms. The number of halogens is 1. The smallest absolute Gasteiger partial charge is 0.337 e. The van der Waals surface area contributed by atoms with E-state index in [-0.39, 0.29) is 16.5 Å². The van der Waals surface area contributed by atoms with Crippen molar-refractivity contribution in [1.82, 2.24) is 4.72 Å². The molecule has 8 heteroatoms. The van der Waals surface area contributed by atoms with E-state index in [1.165, 1.54) is 24.3 Å². The van der Waals surface area contributed by atoms with E-state index in [1.807, 2.05) is 0 Å². The Morgan fingerprint density at radius 1 is 1.15 bits per heavy atom. The first-order valence-electron chi connectivity index (χ1n) is 8.07. The standard InChI is InChI=1S/C18H18ClNO5S/c19-14-4-7-16(8-5-14)26(24,25)20-15-6-3-11-1-2-12(9-13(11)10-15)17(21)18(22)23/h1-2,4-5,7-9,15,17,20-21H,3,6,10H2,(H,22,23). The first-order valence-corrected chi connectivity index (χ1v) is 9.93. The number of nitrogens with one attached hydrogen (secondary N) is 1. The molecular weight excluding hydrogens is 378 g/mol. The third kappa shape index (κ3) is 4.07. The number of aliphatic hydroxyl groups is 1. The molecular formula is C18H18ClNO5S. The third-order valence-corrected chi connectivity index (χ3v) is 6.24. The first-order chi connectivity index (χ1) is 12.3. The molecule has 2 aromatic rings. The van der Waals surface area contributed by atoms with E-state index < -0.39 is 22.1 Å². The zero-order valence-electron chi connectivity index (χ0n) is 13.7. The van der Waals surface area contributed by atoms with Crippen molar-refractivity contribution in [3.8, 4) is 0 Å². The van der Waals surface area contributed by atoms with Crippen LogP contribution in [0, 0.1) is 0 Å². The monoisotopic (exact) mass is 395 g/mol. The molecule has 0 saturated carbocycles. The van der Waals surface area contributed by atoms with E-state index in [1.54, 1.807) is 18.2 Å². The fourth-order valence-electron chi connectivity index (χ4n) is 3.09. The van der Waals surface area contributed by atoms with Gasteiger partial charge in [0.05, 0.1) is 4.90 Å². The van der Waals surface area contributed by atoms with Crippen LogP contribution in [0.5, 0.6) is 0 Å². The number of aliphatic hydroxyl groups excluding tert-OH is 1. The van der Waals surface area contributed by atoms with Crippen LogP contribution in [0.3, 0.4) is 0 Å². The van der Waals surface area contributed by atoms with E-state index in [4.69, 9.17) is 16.7 Å². The number of carbonyl (C=O) groups is 1. The molecule has 0 radical (unpaired) electrons. The van der Waals surface area contributed by atoms with Gasteiger partial charge in [0.1, 0.15) is 0 Å². The van der Waals surface area contributed by atoms with Gasteiger partial charge in [0.2, 0.25) is 10.0 Å². The summed E-state index contributed by atoms with van der Waals surface area (Å²) < 4.78 is 27.7. The van der Waals surface area contributed by atoms with Crippen molar-refractivity contribution in [1.29, 1.82) is 0 Å². The SMILES string of the molecule is O=C(O)C(O)c1ccc2c(c1)CC(NS(=O)(=O)c1ccc(Cl)cc1)CC2. The second-order valence-corrected chi connectivity index (χ2v) is 8.43. The molecule has 0 aliphatic heterocycles. The summed E-state index contributed by atoms with van der Waals surface area (Å²) in [5.74, 6) is -1.32. The number of fused-ring (bicyclic) bond motifs is 1. The van der Waals surface area contributed by atoms with E-state index in [9.17, 15) is 18.3 Å². The number of benzene rings is 2. The van der Waals surface area contributed by atoms with E-state index in [0.717, 1.165) is 11.1 Å². The molecule has 0 amide bonds. The van der Waals surface area contributed by atoms with Crippen LogP contribution in [-0.4, -0.2) is 30.6 Å². The van der Waals surface area contributed by atoms with Crippen molar-refractivity contribution < 1.29 is 23.4 Å². The molecule has 1 aliphatic rings. The molecule has 3 N–H and O–H groups in total. The van der Waals surface area contributed by atoms with Crippen LogP contribution in [0.15, 0.2) is 47.4 Å². The van der Waals surface area contributed by atoms with Gasteiger partial charge < -0.3 is 10.2 Å². The highest BCUT2D eigenvalue weighted by Crippen LogP contribution is 2.26. The van der Waals surface area contributed by atoms with Crippen molar-refractivity contribution in [3.63, 3.8) is 0 Å². The minimum atomic E-state index is -3.67. The third-order valence-electron chi connectivity index (χ3n) is 4.45. The highest BCUT2D eigenvalue weighted by Gasteiger charge is 2.26.